The molecule has 0 radical (unpaired) electrons. The third kappa shape index (κ3) is 2.82. The van der Waals surface area contributed by atoms with E-state index in [4.69, 9.17) is 0 Å². The van der Waals surface area contributed by atoms with Crippen LogP contribution in [-0.4, -0.2) is 16.5 Å². The van der Waals surface area contributed by atoms with Crippen LogP contribution in [0.15, 0.2) is 42.0 Å². The highest BCUT2D eigenvalue weighted by molar-refractivity contribution is 7.09. The number of para-hydroxylation sites is 1. The van der Waals surface area contributed by atoms with Crippen LogP contribution in [0.3, 0.4) is 0 Å². The van der Waals surface area contributed by atoms with Crippen molar-refractivity contribution in [1.29, 1.82) is 0 Å². The molecular weight excluding hydrogens is 278 g/mol. The quantitative estimate of drug-likeness (QED) is 0.771. The number of pyridine rings is 1. The van der Waals surface area contributed by atoms with Crippen LogP contribution in [0.25, 0.3) is 10.9 Å². The van der Waals surface area contributed by atoms with Gasteiger partial charge in [0.25, 0.3) is 0 Å². The van der Waals surface area contributed by atoms with E-state index in [0.717, 1.165) is 24.2 Å². The fraction of sp³-hybridized carbons (Fsp3) is 0.294. The molecule has 3 rings (SSSR count). The van der Waals surface area contributed by atoms with Gasteiger partial charge in [-0.25, -0.2) is 4.98 Å². The average molecular weight is 297 g/mol. The van der Waals surface area contributed by atoms with Gasteiger partial charge in [0.2, 0.25) is 0 Å². The van der Waals surface area contributed by atoms with E-state index in [9.17, 15) is 0 Å². The first-order valence-corrected chi connectivity index (χ1v) is 8.16. The van der Waals surface area contributed by atoms with Gasteiger partial charge in [0.15, 0.2) is 0 Å². The van der Waals surface area contributed by atoms with Crippen LogP contribution < -0.4 is 5.32 Å². The molecule has 0 spiro atoms. The van der Waals surface area contributed by atoms with Crippen LogP contribution in [-0.2, 0) is 0 Å². The van der Waals surface area contributed by atoms with Crippen LogP contribution in [0.2, 0.25) is 0 Å². The third-order valence-corrected chi connectivity index (χ3v) is 4.61. The van der Waals surface area contributed by atoms with Crippen LogP contribution >= 0.6 is 11.3 Å². The minimum absolute atomic E-state index is 0.163. The molecule has 1 N–H and O–H groups in total. The Hall–Kier alpha value is -1.78. The fourth-order valence-corrected chi connectivity index (χ4v) is 3.48. The summed E-state index contributed by atoms with van der Waals surface area (Å²) in [5.74, 6) is 0. The Morgan fingerprint density at radius 2 is 2.05 bits per heavy atom. The summed E-state index contributed by atoms with van der Waals surface area (Å²) in [6.07, 6.45) is 2.97. The second-order valence-electron chi connectivity index (χ2n) is 5.11. The summed E-state index contributed by atoms with van der Waals surface area (Å²) in [6.45, 7) is 5.24. The Labute approximate surface area is 129 Å². The molecule has 1 atom stereocenters. The maximum Gasteiger partial charge on any atom is 0.0798 e. The van der Waals surface area contributed by atoms with E-state index in [0.29, 0.717) is 0 Å². The van der Waals surface area contributed by atoms with Gasteiger partial charge in [-0.2, -0.15) is 0 Å². The molecule has 2 aromatic heterocycles. The number of hydrogen-bond donors (Lipinski definition) is 1. The van der Waals surface area contributed by atoms with Crippen molar-refractivity contribution in [3.8, 4) is 0 Å². The maximum atomic E-state index is 4.59. The van der Waals surface area contributed by atoms with Crippen molar-refractivity contribution in [1.82, 2.24) is 15.3 Å². The maximum absolute atomic E-state index is 4.59. The molecule has 1 aromatic carbocycles. The predicted octanol–water partition coefficient (Wildman–Crippen LogP) is 4.09. The van der Waals surface area contributed by atoms with Gasteiger partial charge in [0.05, 0.1) is 22.8 Å². The Balaban J connectivity index is 2.12. The van der Waals surface area contributed by atoms with Crippen LogP contribution in [0.5, 0.6) is 0 Å². The number of hydrogen-bond acceptors (Lipinski definition) is 4. The van der Waals surface area contributed by atoms with Crippen molar-refractivity contribution >= 4 is 22.2 Å². The second-order valence-corrected chi connectivity index (χ2v) is 6.00. The molecule has 0 saturated carbocycles. The molecule has 0 bridgehead atoms. The van der Waals surface area contributed by atoms with E-state index < -0.39 is 0 Å². The Kier molecular flexibility index (Phi) is 4.27. The van der Waals surface area contributed by atoms with Gasteiger partial charge in [0.1, 0.15) is 0 Å². The number of nitrogens with zero attached hydrogens (tertiary/aromatic N) is 2. The van der Waals surface area contributed by atoms with Gasteiger partial charge >= 0.3 is 0 Å². The summed E-state index contributed by atoms with van der Waals surface area (Å²) in [7, 11) is 0. The van der Waals surface area contributed by atoms with Gasteiger partial charge in [0, 0.05) is 22.0 Å². The number of thiazole rings is 1. The molecule has 4 heteroatoms. The number of aromatic nitrogens is 2. The van der Waals surface area contributed by atoms with E-state index in [-0.39, 0.29) is 6.04 Å². The van der Waals surface area contributed by atoms with Gasteiger partial charge in [-0.05, 0) is 26.0 Å². The van der Waals surface area contributed by atoms with Crippen LogP contribution in [0.4, 0.5) is 0 Å². The SMILES string of the molecule is CCCNC(c1scnc1C)c1cccc2cccnc12. The van der Waals surface area contributed by atoms with Gasteiger partial charge in [-0.3, -0.25) is 4.98 Å². The highest BCUT2D eigenvalue weighted by atomic mass is 32.1. The molecule has 108 valence electrons. The van der Waals surface area contributed by atoms with Gasteiger partial charge in [-0.15, -0.1) is 11.3 Å². The highest BCUT2D eigenvalue weighted by Gasteiger charge is 2.20. The topological polar surface area (TPSA) is 37.8 Å². The summed E-state index contributed by atoms with van der Waals surface area (Å²) < 4.78 is 0. The van der Waals surface area contributed by atoms with Crippen molar-refractivity contribution < 1.29 is 0 Å². The van der Waals surface area contributed by atoms with Crippen molar-refractivity contribution in [3.05, 3.63) is 58.2 Å². The molecule has 21 heavy (non-hydrogen) atoms. The monoisotopic (exact) mass is 297 g/mol. The largest absolute Gasteiger partial charge is 0.305 e. The van der Waals surface area contributed by atoms with Crippen molar-refractivity contribution in [2.24, 2.45) is 0 Å². The third-order valence-electron chi connectivity index (χ3n) is 3.62. The van der Waals surface area contributed by atoms with Crippen molar-refractivity contribution in [2.45, 2.75) is 26.3 Å². The molecule has 0 aliphatic rings. The van der Waals surface area contributed by atoms with E-state index >= 15 is 0 Å². The molecule has 0 aliphatic heterocycles. The molecule has 0 saturated heterocycles. The van der Waals surface area contributed by atoms with Crippen LogP contribution in [0.1, 0.15) is 35.5 Å². The first-order valence-electron chi connectivity index (χ1n) is 7.28. The Morgan fingerprint density at radius 3 is 2.81 bits per heavy atom. The Morgan fingerprint density at radius 1 is 1.19 bits per heavy atom. The molecule has 0 amide bonds. The Bertz CT molecular complexity index is 730. The van der Waals surface area contributed by atoms with E-state index in [2.05, 4.69) is 53.4 Å². The van der Waals surface area contributed by atoms with E-state index in [1.54, 1.807) is 11.3 Å². The van der Waals surface area contributed by atoms with Gasteiger partial charge in [-0.1, -0.05) is 31.2 Å². The normalized spacial score (nSPS) is 12.7. The number of rotatable bonds is 5. The number of nitrogens with one attached hydrogen (secondary N) is 1. The lowest BCUT2D eigenvalue weighted by Gasteiger charge is -2.19. The fourth-order valence-electron chi connectivity index (χ4n) is 2.58. The molecule has 0 aliphatic carbocycles. The van der Waals surface area contributed by atoms with E-state index in [1.807, 2.05) is 17.8 Å². The van der Waals surface area contributed by atoms with Gasteiger partial charge < -0.3 is 5.32 Å². The lowest BCUT2D eigenvalue weighted by atomic mass is 10.0. The lowest BCUT2D eigenvalue weighted by Crippen LogP contribution is -2.23. The van der Waals surface area contributed by atoms with Crippen molar-refractivity contribution in [2.75, 3.05) is 6.54 Å². The molecule has 2 heterocycles. The lowest BCUT2D eigenvalue weighted by molar-refractivity contribution is 0.605. The second kappa shape index (κ2) is 6.33. The standard InChI is InChI=1S/C17H19N3S/c1-3-9-18-16(17-12(2)20-11-21-17)14-8-4-6-13-7-5-10-19-15(13)14/h4-8,10-11,16,18H,3,9H2,1-2H3. The smallest absolute Gasteiger partial charge is 0.0798 e. The minimum Gasteiger partial charge on any atom is -0.305 e. The predicted molar refractivity (Wildman–Crippen MR) is 88.7 cm³/mol. The average Bonchev–Trinajstić information content (AvgIpc) is 2.94. The molecule has 1 unspecified atom stereocenters. The zero-order valence-electron chi connectivity index (χ0n) is 12.3. The molecular formula is C17H19N3S. The summed E-state index contributed by atoms with van der Waals surface area (Å²) in [5.41, 5.74) is 5.32. The zero-order valence-corrected chi connectivity index (χ0v) is 13.2. The minimum atomic E-state index is 0.163. The van der Waals surface area contributed by atoms with Crippen molar-refractivity contribution in [3.63, 3.8) is 0 Å². The highest BCUT2D eigenvalue weighted by Crippen LogP contribution is 2.31. The number of benzene rings is 1. The summed E-state index contributed by atoms with van der Waals surface area (Å²) in [6, 6.07) is 10.7. The number of fused-ring (bicyclic) bond motifs is 1. The summed E-state index contributed by atoms with van der Waals surface area (Å²) in [5, 5.41) is 4.83. The molecule has 3 aromatic rings. The first-order chi connectivity index (χ1) is 10.3. The zero-order chi connectivity index (χ0) is 14.7. The number of aryl methyl sites for hydroxylation is 1. The van der Waals surface area contributed by atoms with E-state index in [1.165, 1.54) is 15.8 Å². The molecule has 0 fully saturated rings. The van der Waals surface area contributed by atoms with Crippen LogP contribution in [0, 0.1) is 6.92 Å². The molecule has 3 nitrogen and oxygen atoms in total. The summed E-state index contributed by atoms with van der Waals surface area (Å²) >= 11 is 1.71. The summed E-state index contributed by atoms with van der Waals surface area (Å²) in [4.78, 5) is 10.3. The first kappa shape index (κ1) is 14.2.